The molecule has 1 aromatic carbocycles. The maximum Gasteiger partial charge on any atom is 0.176 e. The Morgan fingerprint density at radius 1 is 1.33 bits per heavy atom. The highest BCUT2D eigenvalue weighted by Crippen LogP contribution is 2.20. The predicted octanol–water partition coefficient (Wildman–Crippen LogP) is 3.25. The largest absolute Gasteiger partial charge is 0.338 e. The Morgan fingerprint density at radius 3 is 2.73 bits per heavy atom. The van der Waals surface area contributed by atoms with E-state index in [0.29, 0.717) is 0 Å². The van der Waals surface area contributed by atoms with Gasteiger partial charge in [0, 0.05) is 24.4 Å². The number of fused-ring (bicyclic) bond motifs is 1. The maximum atomic E-state index is 11.5. The number of carbonyl (C=O) groups is 1. The highest BCUT2D eigenvalue weighted by atomic mass is 16.1. The molecular weight excluding hydrogens is 186 g/mol. The smallest absolute Gasteiger partial charge is 0.176 e. The first-order valence-corrected chi connectivity index (χ1v) is 5.33. The molecular formula is C13H15NO. The van der Waals surface area contributed by atoms with E-state index in [2.05, 4.69) is 17.6 Å². The maximum absolute atomic E-state index is 11.5. The third-order valence-electron chi connectivity index (χ3n) is 2.62. The molecule has 2 aromatic rings. The van der Waals surface area contributed by atoms with Crippen molar-refractivity contribution in [3.63, 3.8) is 0 Å². The fourth-order valence-corrected chi connectivity index (χ4v) is 1.97. The van der Waals surface area contributed by atoms with Gasteiger partial charge in [0.2, 0.25) is 0 Å². The van der Waals surface area contributed by atoms with Crippen LogP contribution in [0.2, 0.25) is 0 Å². The third kappa shape index (κ3) is 1.67. The van der Waals surface area contributed by atoms with Crippen LogP contribution in [-0.4, -0.2) is 10.4 Å². The van der Waals surface area contributed by atoms with Crippen LogP contribution < -0.4 is 0 Å². The summed E-state index contributed by atoms with van der Waals surface area (Å²) < 4.78 is 2.11. The molecule has 0 N–H and O–H groups in total. The normalized spacial score (nSPS) is 10.8. The van der Waals surface area contributed by atoms with E-state index < -0.39 is 0 Å². The van der Waals surface area contributed by atoms with Crippen molar-refractivity contribution in [3.05, 3.63) is 36.0 Å². The van der Waals surface area contributed by atoms with Gasteiger partial charge in [0.05, 0.1) is 5.69 Å². The second kappa shape index (κ2) is 3.89. The molecule has 1 heterocycles. The minimum absolute atomic E-state index is 0.139. The van der Waals surface area contributed by atoms with Crippen molar-refractivity contribution in [1.82, 2.24) is 4.57 Å². The molecule has 0 amide bonds. The lowest BCUT2D eigenvalue weighted by Crippen LogP contribution is -2.05. The number of Topliss-reactive ketones (excluding diaryl/α,β-unsaturated/α-hetero) is 1. The first kappa shape index (κ1) is 9.97. The lowest BCUT2D eigenvalue weighted by atomic mass is 10.2. The molecule has 78 valence electrons. The van der Waals surface area contributed by atoms with E-state index in [9.17, 15) is 4.79 Å². The molecule has 1 aromatic heterocycles. The summed E-state index contributed by atoms with van der Waals surface area (Å²) >= 11 is 0. The molecule has 0 spiro atoms. The van der Waals surface area contributed by atoms with Gasteiger partial charge in [-0.25, -0.2) is 0 Å². The second-order valence-electron chi connectivity index (χ2n) is 3.80. The average molecular weight is 201 g/mol. The Labute approximate surface area is 89.5 Å². The van der Waals surface area contributed by atoms with Crippen LogP contribution in [0.5, 0.6) is 0 Å². The van der Waals surface area contributed by atoms with Crippen LogP contribution in [-0.2, 0) is 6.54 Å². The van der Waals surface area contributed by atoms with Gasteiger partial charge in [-0.3, -0.25) is 4.79 Å². The number of aromatic nitrogens is 1. The number of hydrogen-bond acceptors (Lipinski definition) is 1. The number of nitrogens with zero attached hydrogens (tertiary/aromatic N) is 1. The van der Waals surface area contributed by atoms with Crippen LogP contribution in [0.25, 0.3) is 10.9 Å². The van der Waals surface area contributed by atoms with Crippen LogP contribution in [0.15, 0.2) is 30.3 Å². The first-order chi connectivity index (χ1) is 7.24. The standard InChI is InChI=1S/C13H15NO/c1-3-8-14-12-7-5-4-6-11(12)9-13(14)10(2)15/h4-7,9H,3,8H2,1-2H3. The number of carbonyl (C=O) groups excluding carboxylic acids is 1. The van der Waals surface area contributed by atoms with Gasteiger partial charge in [-0.05, 0) is 18.6 Å². The molecule has 0 unspecified atom stereocenters. The zero-order chi connectivity index (χ0) is 10.8. The molecule has 0 saturated heterocycles. The summed E-state index contributed by atoms with van der Waals surface area (Å²) in [4.78, 5) is 11.5. The lowest BCUT2D eigenvalue weighted by molar-refractivity contribution is 0.100. The van der Waals surface area contributed by atoms with Gasteiger partial charge in [-0.15, -0.1) is 0 Å². The predicted molar refractivity (Wildman–Crippen MR) is 62.2 cm³/mol. The zero-order valence-corrected chi connectivity index (χ0v) is 9.16. The lowest BCUT2D eigenvalue weighted by Gasteiger charge is -2.06. The van der Waals surface area contributed by atoms with E-state index in [1.807, 2.05) is 24.3 Å². The SMILES string of the molecule is CCCn1c(C(C)=O)cc2ccccc21. The monoisotopic (exact) mass is 201 g/mol. The summed E-state index contributed by atoms with van der Waals surface area (Å²) in [5, 5.41) is 1.15. The summed E-state index contributed by atoms with van der Waals surface area (Å²) in [5.74, 6) is 0.139. The Kier molecular flexibility index (Phi) is 2.58. The Balaban J connectivity index is 2.68. The Morgan fingerprint density at radius 2 is 2.07 bits per heavy atom. The molecule has 0 fully saturated rings. The Hall–Kier alpha value is -1.57. The molecule has 0 radical (unpaired) electrons. The van der Waals surface area contributed by atoms with Crippen LogP contribution in [0, 0.1) is 0 Å². The zero-order valence-electron chi connectivity index (χ0n) is 9.16. The third-order valence-corrected chi connectivity index (χ3v) is 2.62. The number of para-hydroxylation sites is 1. The van der Waals surface area contributed by atoms with E-state index in [4.69, 9.17) is 0 Å². The molecule has 2 heteroatoms. The van der Waals surface area contributed by atoms with Crippen molar-refractivity contribution in [1.29, 1.82) is 0 Å². The van der Waals surface area contributed by atoms with Crippen molar-refractivity contribution < 1.29 is 4.79 Å². The summed E-state index contributed by atoms with van der Waals surface area (Å²) in [6.07, 6.45) is 1.04. The fourth-order valence-electron chi connectivity index (χ4n) is 1.97. The summed E-state index contributed by atoms with van der Waals surface area (Å²) in [6.45, 7) is 4.65. The van der Waals surface area contributed by atoms with Crippen LogP contribution in [0.3, 0.4) is 0 Å². The van der Waals surface area contributed by atoms with Gasteiger partial charge in [0.15, 0.2) is 5.78 Å². The number of hydrogen-bond donors (Lipinski definition) is 0. The van der Waals surface area contributed by atoms with Gasteiger partial charge >= 0.3 is 0 Å². The number of rotatable bonds is 3. The van der Waals surface area contributed by atoms with Crippen molar-refractivity contribution >= 4 is 16.7 Å². The van der Waals surface area contributed by atoms with Gasteiger partial charge in [0.1, 0.15) is 0 Å². The van der Waals surface area contributed by atoms with E-state index in [0.717, 1.165) is 29.6 Å². The van der Waals surface area contributed by atoms with Gasteiger partial charge in [-0.1, -0.05) is 25.1 Å². The van der Waals surface area contributed by atoms with E-state index >= 15 is 0 Å². The topological polar surface area (TPSA) is 22.0 Å². The van der Waals surface area contributed by atoms with Crippen molar-refractivity contribution in [2.24, 2.45) is 0 Å². The highest BCUT2D eigenvalue weighted by molar-refractivity contribution is 5.98. The molecule has 0 saturated carbocycles. The molecule has 0 aliphatic rings. The minimum atomic E-state index is 0.139. The number of aryl methyl sites for hydroxylation is 1. The number of ketones is 1. The van der Waals surface area contributed by atoms with Crippen LogP contribution >= 0.6 is 0 Å². The van der Waals surface area contributed by atoms with E-state index in [-0.39, 0.29) is 5.78 Å². The van der Waals surface area contributed by atoms with Crippen LogP contribution in [0.4, 0.5) is 0 Å². The summed E-state index contributed by atoms with van der Waals surface area (Å²) in [5.41, 5.74) is 1.97. The fraction of sp³-hybridized carbons (Fsp3) is 0.308. The average Bonchev–Trinajstić information content (AvgIpc) is 2.58. The minimum Gasteiger partial charge on any atom is -0.338 e. The quantitative estimate of drug-likeness (QED) is 0.699. The molecule has 0 bridgehead atoms. The molecule has 0 atom stereocenters. The Bertz CT molecular complexity index is 496. The molecule has 15 heavy (non-hydrogen) atoms. The van der Waals surface area contributed by atoms with Crippen molar-refractivity contribution in [2.45, 2.75) is 26.8 Å². The molecule has 2 nitrogen and oxygen atoms in total. The summed E-state index contributed by atoms with van der Waals surface area (Å²) in [7, 11) is 0. The van der Waals surface area contributed by atoms with E-state index in [1.165, 1.54) is 0 Å². The van der Waals surface area contributed by atoms with E-state index in [1.54, 1.807) is 6.92 Å². The van der Waals surface area contributed by atoms with Gasteiger partial charge in [0.25, 0.3) is 0 Å². The van der Waals surface area contributed by atoms with Gasteiger partial charge < -0.3 is 4.57 Å². The van der Waals surface area contributed by atoms with Crippen LogP contribution in [0.1, 0.15) is 30.8 Å². The second-order valence-corrected chi connectivity index (χ2v) is 3.80. The molecule has 0 aliphatic heterocycles. The van der Waals surface area contributed by atoms with Gasteiger partial charge in [-0.2, -0.15) is 0 Å². The van der Waals surface area contributed by atoms with Crippen molar-refractivity contribution in [3.8, 4) is 0 Å². The molecule has 0 aliphatic carbocycles. The summed E-state index contributed by atoms with van der Waals surface area (Å²) in [6, 6.07) is 10.1. The van der Waals surface area contributed by atoms with Crippen molar-refractivity contribution in [2.75, 3.05) is 0 Å². The molecule has 2 rings (SSSR count). The number of benzene rings is 1. The highest BCUT2D eigenvalue weighted by Gasteiger charge is 2.10. The first-order valence-electron chi connectivity index (χ1n) is 5.33.